The molecule has 18 heavy (non-hydrogen) atoms. The molecule has 0 bridgehead atoms. The first kappa shape index (κ1) is 15.0. The van der Waals surface area contributed by atoms with Crippen molar-refractivity contribution in [3.05, 3.63) is 0 Å². The van der Waals surface area contributed by atoms with Crippen LogP contribution in [-0.2, 0) is 4.79 Å². The first-order chi connectivity index (χ1) is 8.68. The monoisotopic (exact) mass is 250 g/mol. The van der Waals surface area contributed by atoms with Crippen LogP contribution in [0.2, 0.25) is 0 Å². The molecular weight excluding hydrogens is 224 g/mol. The zero-order valence-electron chi connectivity index (χ0n) is 11.8. The van der Waals surface area contributed by atoms with Gasteiger partial charge in [-0.2, -0.15) is 5.26 Å². The van der Waals surface area contributed by atoms with E-state index in [1.54, 1.807) is 0 Å². The summed E-state index contributed by atoms with van der Waals surface area (Å²) in [4.78, 5) is 12.4. The third-order valence-corrected chi connectivity index (χ3v) is 3.94. The van der Waals surface area contributed by atoms with Gasteiger partial charge < -0.3 is 5.32 Å². The molecule has 0 atom stereocenters. The van der Waals surface area contributed by atoms with Crippen molar-refractivity contribution in [3.63, 3.8) is 0 Å². The van der Waals surface area contributed by atoms with E-state index >= 15 is 0 Å². The summed E-state index contributed by atoms with van der Waals surface area (Å²) in [5.41, 5.74) is -0.791. The molecule has 0 heterocycles. The molecule has 0 unspecified atom stereocenters. The van der Waals surface area contributed by atoms with E-state index in [4.69, 9.17) is 0 Å². The Morgan fingerprint density at radius 2 is 1.78 bits per heavy atom. The summed E-state index contributed by atoms with van der Waals surface area (Å²) in [6.07, 6.45) is 8.94. The highest BCUT2D eigenvalue weighted by Gasteiger charge is 2.37. The van der Waals surface area contributed by atoms with Gasteiger partial charge in [0.1, 0.15) is 5.41 Å². The second-order valence-electron chi connectivity index (χ2n) is 5.50. The van der Waals surface area contributed by atoms with Crippen LogP contribution < -0.4 is 5.32 Å². The van der Waals surface area contributed by atoms with E-state index in [9.17, 15) is 10.1 Å². The fourth-order valence-electron chi connectivity index (χ4n) is 2.94. The zero-order valence-corrected chi connectivity index (χ0v) is 11.8. The Balaban J connectivity index is 2.66. The summed E-state index contributed by atoms with van der Waals surface area (Å²) in [6.45, 7) is 4.07. The van der Waals surface area contributed by atoms with E-state index < -0.39 is 5.41 Å². The lowest BCUT2D eigenvalue weighted by Gasteiger charge is -2.29. The van der Waals surface area contributed by atoms with E-state index in [1.807, 2.05) is 13.8 Å². The number of carbonyl (C=O) groups excluding carboxylic acids is 1. The third-order valence-electron chi connectivity index (χ3n) is 3.94. The maximum Gasteiger partial charge on any atom is 0.240 e. The largest absolute Gasteiger partial charge is 0.352 e. The molecule has 102 valence electrons. The molecule has 1 N–H and O–H groups in total. The number of rotatable bonds is 6. The van der Waals surface area contributed by atoms with E-state index in [1.165, 1.54) is 19.3 Å². The molecule has 0 spiro atoms. The van der Waals surface area contributed by atoms with Crippen molar-refractivity contribution in [1.29, 1.82) is 5.26 Å². The van der Waals surface area contributed by atoms with Gasteiger partial charge in [0, 0.05) is 6.04 Å². The normalized spacial score (nSPS) is 17.2. The van der Waals surface area contributed by atoms with Crippen LogP contribution >= 0.6 is 0 Å². The predicted molar refractivity (Wildman–Crippen MR) is 72.9 cm³/mol. The van der Waals surface area contributed by atoms with Gasteiger partial charge in [-0.25, -0.2) is 0 Å². The lowest BCUT2D eigenvalue weighted by Crippen LogP contribution is -2.45. The second kappa shape index (κ2) is 7.41. The van der Waals surface area contributed by atoms with E-state index in [-0.39, 0.29) is 5.91 Å². The highest BCUT2D eigenvalue weighted by atomic mass is 16.2. The van der Waals surface area contributed by atoms with Gasteiger partial charge in [-0.15, -0.1) is 0 Å². The Morgan fingerprint density at radius 1 is 1.22 bits per heavy atom. The van der Waals surface area contributed by atoms with Crippen LogP contribution in [0.25, 0.3) is 0 Å². The average Bonchev–Trinajstić information content (AvgIpc) is 2.39. The smallest absolute Gasteiger partial charge is 0.240 e. The lowest BCUT2D eigenvalue weighted by molar-refractivity contribution is -0.129. The fourth-order valence-corrected chi connectivity index (χ4v) is 2.94. The number of nitriles is 1. The topological polar surface area (TPSA) is 52.9 Å². The first-order valence-electron chi connectivity index (χ1n) is 7.40. The highest BCUT2D eigenvalue weighted by Crippen LogP contribution is 2.30. The molecular formula is C15H26N2O. The average molecular weight is 250 g/mol. The van der Waals surface area contributed by atoms with Crippen LogP contribution in [0, 0.1) is 16.7 Å². The molecule has 1 aliphatic rings. The quantitative estimate of drug-likeness (QED) is 0.783. The number of amides is 1. The molecule has 0 aliphatic heterocycles. The molecule has 0 aromatic heterocycles. The van der Waals surface area contributed by atoms with Gasteiger partial charge >= 0.3 is 0 Å². The van der Waals surface area contributed by atoms with E-state index in [0.29, 0.717) is 18.9 Å². The second-order valence-corrected chi connectivity index (χ2v) is 5.50. The van der Waals surface area contributed by atoms with E-state index in [2.05, 4.69) is 11.4 Å². The van der Waals surface area contributed by atoms with Gasteiger partial charge in [-0.3, -0.25) is 4.79 Å². The number of hydrogen-bond donors (Lipinski definition) is 1. The minimum Gasteiger partial charge on any atom is -0.352 e. The Labute approximate surface area is 111 Å². The zero-order chi connectivity index (χ0) is 13.4. The van der Waals surface area contributed by atoms with Gasteiger partial charge in [0.05, 0.1) is 6.07 Å². The number of carbonyl (C=O) groups is 1. The number of nitrogens with one attached hydrogen (secondary N) is 1. The predicted octanol–water partition coefficient (Wildman–Crippen LogP) is 3.55. The van der Waals surface area contributed by atoms with Crippen molar-refractivity contribution in [2.45, 2.75) is 77.7 Å². The molecule has 1 rings (SSSR count). The molecule has 0 aromatic rings. The van der Waals surface area contributed by atoms with E-state index in [0.717, 1.165) is 25.7 Å². The summed E-state index contributed by atoms with van der Waals surface area (Å²) in [7, 11) is 0. The van der Waals surface area contributed by atoms with Crippen LogP contribution in [0.1, 0.15) is 71.6 Å². The molecule has 0 radical (unpaired) electrons. The molecule has 3 nitrogen and oxygen atoms in total. The van der Waals surface area contributed by atoms with Crippen LogP contribution in [0.15, 0.2) is 0 Å². The fraction of sp³-hybridized carbons (Fsp3) is 0.867. The Kier molecular flexibility index (Phi) is 6.18. The van der Waals surface area contributed by atoms with Crippen LogP contribution in [0.5, 0.6) is 0 Å². The first-order valence-corrected chi connectivity index (χ1v) is 7.40. The van der Waals surface area contributed by atoms with Crippen molar-refractivity contribution in [1.82, 2.24) is 5.32 Å². The van der Waals surface area contributed by atoms with Crippen molar-refractivity contribution in [3.8, 4) is 6.07 Å². The molecule has 0 saturated heterocycles. The minimum atomic E-state index is -0.791. The molecule has 1 fully saturated rings. The van der Waals surface area contributed by atoms with Gasteiger partial charge in [0.15, 0.2) is 0 Å². The summed E-state index contributed by atoms with van der Waals surface area (Å²) >= 11 is 0. The summed E-state index contributed by atoms with van der Waals surface area (Å²) < 4.78 is 0. The van der Waals surface area contributed by atoms with Gasteiger partial charge in [-0.1, -0.05) is 46.0 Å². The van der Waals surface area contributed by atoms with Gasteiger partial charge in [0.2, 0.25) is 5.91 Å². The molecule has 3 heteroatoms. The van der Waals surface area contributed by atoms with Gasteiger partial charge in [-0.05, 0) is 25.7 Å². The Hall–Kier alpha value is -1.04. The summed E-state index contributed by atoms with van der Waals surface area (Å²) in [6, 6.07) is 2.59. The number of hydrogen-bond acceptors (Lipinski definition) is 2. The molecule has 1 saturated carbocycles. The molecule has 1 aliphatic carbocycles. The van der Waals surface area contributed by atoms with Crippen molar-refractivity contribution >= 4 is 5.91 Å². The molecule has 0 aromatic carbocycles. The van der Waals surface area contributed by atoms with Crippen LogP contribution in [0.4, 0.5) is 0 Å². The van der Waals surface area contributed by atoms with Crippen molar-refractivity contribution < 1.29 is 4.79 Å². The summed E-state index contributed by atoms with van der Waals surface area (Å²) in [5.74, 6) is -0.0272. The lowest BCUT2D eigenvalue weighted by atomic mass is 9.79. The van der Waals surface area contributed by atoms with Crippen LogP contribution in [0.3, 0.4) is 0 Å². The highest BCUT2D eigenvalue weighted by molar-refractivity contribution is 5.85. The Morgan fingerprint density at radius 3 is 2.22 bits per heavy atom. The van der Waals surface area contributed by atoms with Crippen molar-refractivity contribution in [2.75, 3.05) is 0 Å². The minimum absolute atomic E-state index is 0.0272. The maximum atomic E-state index is 12.4. The summed E-state index contributed by atoms with van der Waals surface area (Å²) in [5, 5.41) is 12.5. The Bertz CT molecular complexity index is 294. The molecule has 1 amide bonds. The maximum absolute atomic E-state index is 12.4. The van der Waals surface area contributed by atoms with Gasteiger partial charge in [0.25, 0.3) is 0 Å². The SMILES string of the molecule is CCCC(C#N)(CCC)C(=O)NC1CCCCC1. The van der Waals surface area contributed by atoms with Crippen molar-refractivity contribution in [2.24, 2.45) is 5.41 Å². The third kappa shape index (κ3) is 3.73. The standard InChI is InChI=1S/C15H26N2O/c1-3-10-15(12-16,11-4-2)14(18)17-13-8-6-5-7-9-13/h13H,3-11H2,1-2H3,(H,17,18). The number of nitrogens with zero attached hydrogens (tertiary/aromatic N) is 1. The van der Waals surface area contributed by atoms with Crippen LogP contribution in [-0.4, -0.2) is 11.9 Å².